The first-order valence-corrected chi connectivity index (χ1v) is 8.86. The van der Waals surface area contributed by atoms with Crippen LogP contribution in [0, 0.1) is 23.7 Å². The summed E-state index contributed by atoms with van der Waals surface area (Å²) in [5.41, 5.74) is -1.09. The Morgan fingerprint density at radius 2 is 2.04 bits per heavy atom. The Kier molecular flexibility index (Phi) is 2.95. The minimum Gasteiger partial charge on any atom is -0.550 e. The maximum absolute atomic E-state index is 13.4. The van der Waals surface area contributed by atoms with Crippen molar-refractivity contribution in [3.05, 3.63) is 36.3 Å². The van der Waals surface area contributed by atoms with Crippen molar-refractivity contribution in [3.63, 3.8) is 0 Å². The zero-order valence-electron chi connectivity index (χ0n) is 14.3. The zero-order valence-corrected chi connectivity index (χ0v) is 14.3. The summed E-state index contributed by atoms with van der Waals surface area (Å²) >= 11 is 0. The molecule has 7 heteroatoms. The van der Waals surface area contributed by atoms with Gasteiger partial charge in [0.05, 0.1) is 30.4 Å². The topological polar surface area (TPSA) is 99.9 Å². The molecule has 8 atom stereocenters. The highest BCUT2D eigenvalue weighted by molar-refractivity contribution is 5.95. The van der Waals surface area contributed by atoms with E-state index in [0.29, 0.717) is 5.76 Å². The quantitative estimate of drug-likeness (QED) is 0.696. The highest BCUT2D eigenvalue weighted by Gasteiger charge is 2.73. The van der Waals surface area contributed by atoms with Crippen LogP contribution in [0.2, 0.25) is 0 Å². The van der Waals surface area contributed by atoms with Gasteiger partial charge in [0.2, 0.25) is 5.91 Å². The first-order chi connectivity index (χ1) is 12.4. The van der Waals surface area contributed by atoms with Gasteiger partial charge in [-0.05, 0) is 12.1 Å². The second kappa shape index (κ2) is 4.85. The van der Waals surface area contributed by atoms with Crippen molar-refractivity contribution in [1.82, 2.24) is 4.90 Å². The third-order valence-corrected chi connectivity index (χ3v) is 6.62. The molecule has 0 aromatic carbocycles. The van der Waals surface area contributed by atoms with Crippen molar-refractivity contribution in [3.8, 4) is 0 Å². The Balaban J connectivity index is 1.69. The van der Waals surface area contributed by atoms with Crippen LogP contribution < -0.4 is 5.11 Å². The van der Waals surface area contributed by atoms with E-state index in [1.807, 2.05) is 0 Å². The van der Waals surface area contributed by atoms with E-state index in [0.717, 1.165) is 0 Å². The van der Waals surface area contributed by atoms with Crippen LogP contribution in [0.15, 0.2) is 35.0 Å². The number of fused-ring (bicyclic) bond motifs is 2. The summed E-state index contributed by atoms with van der Waals surface area (Å²) in [6.45, 7) is 3.57. The van der Waals surface area contributed by atoms with Crippen LogP contribution >= 0.6 is 0 Å². The number of ketones is 1. The molecule has 0 aliphatic carbocycles. The van der Waals surface area contributed by atoms with Crippen LogP contribution in [0.5, 0.6) is 0 Å². The van der Waals surface area contributed by atoms with Crippen molar-refractivity contribution < 1.29 is 28.6 Å². The van der Waals surface area contributed by atoms with E-state index in [-0.39, 0.29) is 11.7 Å². The van der Waals surface area contributed by atoms with Gasteiger partial charge in [-0.1, -0.05) is 26.0 Å². The molecular formula is C19H18NO6-. The van der Waals surface area contributed by atoms with E-state index >= 15 is 0 Å². The summed E-state index contributed by atoms with van der Waals surface area (Å²) in [7, 11) is 0. The lowest BCUT2D eigenvalue weighted by atomic mass is 9.69. The number of aliphatic carboxylic acids is 1. The number of carbonyl (C=O) groups is 3. The molecule has 7 nitrogen and oxygen atoms in total. The van der Waals surface area contributed by atoms with Crippen molar-refractivity contribution in [1.29, 1.82) is 0 Å². The standard InChI is InChI=1S/C19H19NO6/c1-8-14(11-4-3-7-25-11)20-16(9(2)15(8)21)19-6-5-10(26-19)12(18(23)24)13(19)17(20)22/h3-10,12-14,16H,1-2H3,(H,23,24)/p-1/t8-,9-,10-,12+,13-,14-,16+,19+/m1/s1. The lowest BCUT2D eigenvalue weighted by Crippen LogP contribution is -2.58. The molecule has 0 unspecified atom stereocenters. The molecule has 5 rings (SSSR count). The molecule has 2 bridgehead atoms. The molecule has 5 heterocycles. The van der Waals surface area contributed by atoms with Crippen LogP contribution in [0.3, 0.4) is 0 Å². The van der Waals surface area contributed by atoms with E-state index in [1.54, 1.807) is 43.0 Å². The van der Waals surface area contributed by atoms with Crippen LogP contribution in [-0.2, 0) is 19.1 Å². The molecule has 4 aliphatic rings. The normalized spacial score (nSPS) is 45.9. The number of nitrogens with zero attached hydrogens (tertiary/aromatic N) is 1. The number of Topliss-reactive ketones (excluding diaryl/α,β-unsaturated/α-hetero) is 1. The van der Waals surface area contributed by atoms with Gasteiger partial charge >= 0.3 is 0 Å². The van der Waals surface area contributed by atoms with E-state index < -0.39 is 53.4 Å². The summed E-state index contributed by atoms with van der Waals surface area (Å²) < 4.78 is 11.6. The molecule has 0 N–H and O–H groups in total. The number of carboxylic acid groups (broad SMARTS) is 1. The monoisotopic (exact) mass is 356 g/mol. The molecule has 0 saturated carbocycles. The zero-order chi connectivity index (χ0) is 18.4. The summed E-state index contributed by atoms with van der Waals surface area (Å²) in [6.07, 6.45) is 4.29. The fourth-order valence-electron chi connectivity index (χ4n) is 5.64. The van der Waals surface area contributed by atoms with E-state index in [9.17, 15) is 19.5 Å². The molecule has 1 amide bonds. The molecular weight excluding hydrogens is 338 g/mol. The first kappa shape index (κ1) is 15.8. The Labute approximate surface area is 149 Å². The number of amides is 1. The van der Waals surface area contributed by atoms with Gasteiger partial charge in [-0.25, -0.2) is 0 Å². The van der Waals surface area contributed by atoms with Crippen molar-refractivity contribution in [2.45, 2.75) is 37.6 Å². The summed E-state index contributed by atoms with van der Waals surface area (Å²) in [4.78, 5) is 39.7. The second-order valence-electron chi connectivity index (χ2n) is 7.75. The first-order valence-electron chi connectivity index (χ1n) is 8.86. The van der Waals surface area contributed by atoms with Gasteiger partial charge in [-0.2, -0.15) is 0 Å². The Morgan fingerprint density at radius 1 is 1.27 bits per heavy atom. The summed E-state index contributed by atoms with van der Waals surface area (Å²) in [6, 6.07) is 2.34. The van der Waals surface area contributed by atoms with Gasteiger partial charge in [0, 0.05) is 23.7 Å². The molecule has 3 saturated heterocycles. The number of piperidine rings is 1. The summed E-state index contributed by atoms with van der Waals surface area (Å²) in [5.74, 6) is -3.87. The van der Waals surface area contributed by atoms with Crippen molar-refractivity contribution in [2.75, 3.05) is 0 Å². The van der Waals surface area contributed by atoms with Gasteiger partial charge in [0.1, 0.15) is 17.1 Å². The van der Waals surface area contributed by atoms with Gasteiger partial charge in [-0.15, -0.1) is 0 Å². The van der Waals surface area contributed by atoms with Crippen LogP contribution in [-0.4, -0.2) is 40.3 Å². The van der Waals surface area contributed by atoms with Gasteiger partial charge in [0.25, 0.3) is 0 Å². The predicted molar refractivity (Wildman–Crippen MR) is 84.1 cm³/mol. The fourth-order valence-corrected chi connectivity index (χ4v) is 5.64. The van der Waals surface area contributed by atoms with E-state index in [1.165, 1.54) is 6.26 Å². The lowest BCUT2D eigenvalue weighted by molar-refractivity contribution is -0.313. The lowest BCUT2D eigenvalue weighted by Gasteiger charge is -2.46. The molecule has 26 heavy (non-hydrogen) atoms. The number of furan rings is 1. The van der Waals surface area contributed by atoms with Crippen molar-refractivity contribution in [2.24, 2.45) is 23.7 Å². The molecule has 1 aromatic heterocycles. The average molecular weight is 356 g/mol. The number of ether oxygens (including phenoxy) is 1. The third-order valence-electron chi connectivity index (χ3n) is 6.62. The maximum Gasteiger partial charge on any atom is 0.230 e. The van der Waals surface area contributed by atoms with Crippen LogP contribution in [0.4, 0.5) is 0 Å². The molecule has 136 valence electrons. The highest BCUT2D eigenvalue weighted by Crippen LogP contribution is 2.60. The molecule has 1 aromatic rings. The maximum atomic E-state index is 13.4. The highest BCUT2D eigenvalue weighted by atomic mass is 16.5. The number of hydrogen-bond acceptors (Lipinski definition) is 6. The number of rotatable bonds is 2. The Morgan fingerprint density at radius 3 is 2.69 bits per heavy atom. The molecule has 0 radical (unpaired) electrons. The number of carboxylic acids is 1. The fraction of sp³-hybridized carbons (Fsp3) is 0.526. The Hall–Kier alpha value is -2.41. The van der Waals surface area contributed by atoms with Gasteiger partial charge < -0.3 is 24.0 Å². The smallest absolute Gasteiger partial charge is 0.230 e. The minimum atomic E-state index is -1.29. The molecule has 1 spiro atoms. The number of hydrogen-bond donors (Lipinski definition) is 0. The predicted octanol–water partition coefficient (Wildman–Crippen LogP) is 0.0761. The molecule has 3 fully saturated rings. The Bertz CT molecular complexity index is 844. The minimum absolute atomic E-state index is 0.0211. The third kappa shape index (κ3) is 1.60. The van der Waals surface area contributed by atoms with E-state index in [2.05, 4.69) is 0 Å². The average Bonchev–Trinajstić information content (AvgIpc) is 3.35. The second-order valence-corrected chi connectivity index (χ2v) is 7.75. The van der Waals surface area contributed by atoms with Gasteiger partial charge in [0.15, 0.2) is 0 Å². The van der Waals surface area contributed by atoms with Crippen molar-refractivity contribution >= 4 is 17.7 Å². The number of carbonyl (C=O) groups excluding carboxylic acids is 3. The van der Waals surface area contributed by atoms with Gasteiger partial charge in [-0.3, -0.25) is 9.59 Å². The van der Waals surface area contributed by atoms with Crippen LogP contribution in [0.25, 0.3) is 0 Å². The van der Waals surface area contributed by atoms with Crippen LogP contribution in [0.1, 0.15) is 25.6 Å². The summed E-state index contributed by atoms with van der Waals surface area (Å²) in [5, 5.41) is 11.7. The molecule has 4 aliphatic heterocycles. The van der Waals surface area contributed by atoms with E-state index in [4.69, 9.17) is 9.15 Å². The SMILES string of the molecule is C[C@@H]1C(=O)[C@H](C)[C@H](c2ccco2)N2C(=O)[C@H]3[C@@H](C(=O)[O-])[C@H]4C=C[C@@]3(O4)[C@H]12. The largest absolute Gasteiger partial charge is 0.550 e.